The van der Waals surface area contributed by atoms with Gasteiger partial charge in [-0.3, -0.25) is 9.58 Å². The summed E-state index contributed by atoms with van der Waals surface area (Å²) in [6.45, 7) is 6.82. The number of carbonyl (C=O) groups excluding carboxylic acids is 1. The van der Waals surface area contributed by atoms with Gasteiger partial charge in [0.25, 0.3) is 0 Å². The first-order chi connectivity index (χ1) is 11.1. The van der Waals surface area contributed by atoms with Crippen LogP contribution in [0.1, 0.15) is 40.0 Å². The number of aryl methyl sites for hydroxylation is 2. The molecule has 1 saturated heterocycles. The maximum absolute atomic E-state index is 11.6. The molecule has 6 nitrogen and oxygen atoms in total. The first-order valence-electron chi connectivity index (χ1n) is 7.86. The first kappa shape index (κ1) is 15.7. The number of methoxy groups -OCH3 is 1. The van der Waals surface area contributed by atoms with Gasteiger partial charge in [-0.25, -0.2) is 9.78 Å². The minimum absolute atomic E-state index is 0.360. The van der Waals surface area contributed by atoms with E-state index in [1.165, 1.54) is 12.8 Å². The molecule has 0 spiro atoms. The Kier molecular flexibility index (Phi) is 4.43. The Morgan fingerprint density at radius 2 is 2.22 bits per heavy atom. The van der Waals surface area contributed by atoms with Crippen molar-refractivity contribution in [3.63, 3.8) is 0 Å². The number of carbonyl (C=O) groups is 1. The van der Waals surface area contributed by atoms with E-state index in [1.807, 2.05) is 19.1 Å². The number of esters is 1. The van der Waals surface area contributed by atoms with Gasteiger partial charge in [-0.15, -0.1) is 0 Å². The Morgan fingerprint density at radius 1 is 1.39 bits per heavy atom. The fourth-order valence-corrected chi connectivity index (χ4v) is 3.19. The van der Waals surface area contributed by atoms with E-state index in [9.17, 15) is 4.79 Å². The van der Waals surface area contributed by atoms with E-state index >= 15 is 0 Å². The van der Waals surface area contributed by atoms with Crippen LogP contribution in [0.3, 0.4) is 0 Å². The second-order valence-corrected chi connectivity index (χ2v) is 6.06. The maximum atomic E-state index is 11.6. The van der Waals surface area contributed by atoms with E-state index in [2.05, 4.69) is 32.7 Å². The van der Waals surface area contributed by atoms with E-state index in [-0.39, 0.29) is 0 Å². The number of aromatic nitrogens is 3. The molecule has 0 saturated carbocycles. The number of nitrogens with zero attached hydrogens (tertiary/aromatic N) is 4. The molecule has 2 aromatic rings. The molecule has 1 unspecified atom stereocenters. The Labute approximate surface area is 136 Å². The van der Waals surface area contributed by atoms with Gasteiger partial charge in [-0.05, 0) is 38.5 Å². The molecule has 0 amide bonds. The lowest BCUT2D eigenvalue weighted by Gasteiger charge is -2.17. The molecule has 0 bridgehead atoms. The summed E-state index contributed by atoms with van der Waals surface area (Å²) in [6, 6.07) is 8.00. The van der Waals surface area contributed by atoms with Crippen LogP contribution in [-0.4, -0.2) is 45.8 Å². The monoisotopic (exact) mass is 314 g/mol. The summed E-state index contributed by atoms with van der Waals surface area (Å²) in [4.78, 5) is 18.3. The van der Waals surface area contributed by atoms with E-state index < -0.39 is 5.97 Å². The number of pyridine rings is 1. The fourth-order valence-electron chi connectivity index (χ4n) is 3.19. The molecule has 1 fully saturated rings. The molecule has 122 valence electrons. The normalized spacial score (nSPS) is 18.3. The molecular weight excluding hydrogens is 292 g/mol. The highest BCUT2D eigenvalue weighted by atomic mass is 16.5. The summed E-state index contributed by atoms with van der Waals surface area (Å²) in [5, 5.41) is 4.60. The predicted octanol–water partition coefficient (Wildman–Crippen LogP) is 2.13. The molecule has 0 aromatic carbocycles. The van der Waals surface area contributed by atoms with Crippen molar-refractivity contribution in [1.29, 1.82) is 0 Å². The Bertz CT molecular complexity index is 710. The van der Waals surface area contributed by atoms with Gasteiger partial charge >= 0.3 is 5.97 Å². The van der Waals surface area contributed by atoms with Crippen molar-refractivity contribution in [2.24, 2.45) is 0 Å². The fraction of sp³-hybridized carbons (Fsp3) is 0.471. The van der Waals surface area contributed by atoms with Crippen molar-refractivity contribution < 1.29 is 9.53 Å². The SMILES string of the molecule is COC(=O)c1cccc(CN2CCC(n3nc(C)cc3C)C2)n1. The minimum Gasteiger partial charge on any atom is -0.464 e. The van der Waals surface area contributed by atoms with Gasteiger partial charge in [-0.2, -0.15) is 5.10 Å². The van der Waals surface area contributed by atoms with Crippen molar-refractivity contribution in [2.75, 3.05) is 20.2 Å². The summed E-state index contributed by atoms with van der Waals surface area (Å²) < 4.78 is 6.86. The molecule has 3 heterocycles. The Morgan fingerprint density at radius 3 is 2.91 bits per heavy atom. The molecule has 1 aliphatic rings. The van der Waals surface area contributed by atoms with E-state index in [1.54, 1.807) is 6.07 Å². The zero-order valence-corrected chi connectivity index (χ0v) is 13.8. The number of hydrogen-bond acceptors (Lipinski definition) is 5. The van der Waals surface area contributed by atoms with Crippen LogP contribution in [0.5, 0.6) is 0 Å². The molecule has 1 aliphatic heterocycles. The average molecular weight is 314 g/mol. The smallest absolute Gasteiger partial charge is 0.356 e. The van der Waals surface area contributed by atoms with Crippen LogP contribution in [0.25, 0.3) is 0 Å². The van der Waals surface area contributed by atoms with Gasteiger partial charge in [0.15, 0.2) is 0 Å². The first-order valence-corrected chi connectivity index (χ1v) is 7.86. The Balaban J connectivity index is 1.66. The molecule has 0 aliphatic carbocycles. The number of rotatable bonds is 4. The van der Waals surface area contributed by atoms with Crippen LogP contribution < -0.4 is 0 Å². The summed E-state index contributed by atoms with van der Waals surface area (Å²) >= 11 is 0. The zero-order chi connectivity index (χ0) is 16.4. The second kappa shape index (κ2) is 6.50. The van der Waals surface area contributed by atoms with Gasteiger partial charge in [0.05, 0.1) is 24.5 Å². The molecule has 6 heteroatoms. The van der Waals surface area contributed by atoms with Crippen LogP contribution in [0, 0.1) is 13.8 Å². The molecular formula is C17H22N4O2. The lowest BCUT2D eigenvalue weighted by atomic mass is 10.2. The molecule has 2 aromatic heterocycles. The van der Waals surface area contributed by atoms with Crippen molar-refractivity contribution in [2.45, 2.75) is 32.9 Å². The van der Waals surface area contributed by atoms with Crippen molar-refractivity contribution in [3.8, 4) is 0 Å². The summed E-state index contributed by atoms with van der Waals surface area (Å²) in [5.41, 5.74) is 3.52. The third-order valence-electron chi connectivity index (χ3n) is 4.22. The average Bonchev–Trinajstić information content (AvgIpc) is 3.12. The molecule has 3 rings (SSSR count). The third kappa shape index (κ3) is 3.42. The third-order valence-corrected chi connectivity index (χ3v) is 4.22. The minimum atomic E-state index is -0.395. The number of hydrogen-bond donors (Lipinski definition) is 0. The largest absolute Gasteiger partial charge is 0.464 e. The van der Waals surface area contributed by atoms with E-state index in [4.69, 9.17) is 4.74 Å². The lowest BCUT2D eigenvalue weighted by molar-refractivity contribution is 0.0593. The highest BCUT2D eigenvalue weighted by Gasteiger charge is 2.25. The van der Waals surface area contributed by atoms with E-state index in [0.717, 1.165) is 37.4 Å². The van der Waals surface area contributed by atoms with Gasteiger partial charge in [0, 0.05) is 25.3 Å². The lowest BCUT2D eigenvalue weighted by Crippen LogP contribution is -2.23. The molecule has 1 atom stereocenters. The van der Waals surface area contributed by atoms with Gasteiger partial charge in [-0.1, -0.05) is 6.07 Å². The maximum Gasteiger partial charge on any atom is 0.356 e. The predicted molar refractivity (Wildman–Crippen MR) is 86.2 cm³/mol. The van der Waals surface area contributed by atoms with Crippen molar-refractivity contribution in [3.05, 3.63) is 47.0 Å². The molecule has 0 radical (unpaired) electrons. The molecule has 0 N–H and O–H groups in total. The highest BCUT2D eigenvalue weighted by Crippen LogP contribution is 2.24. The number of ether oxygens (including phenoxy) is 1. The summed E-state index contributed by atoms with van der Waals surface area (Å²) in [7, 11) is 1.37. The molecule has 23 heavy (non-hydrogen) atoms. The second-order valence-electron chi connectivity index (χ2n) is 6.06. The van der Waals surface area contributed by atoms with Crippen molar-refractivity contribution >= 4 is 5.97 Å². The Hall–Kier alpha value is -2.21. The zero-order valence-electron chi connectivity index (χ0n) is 13.8. The van der Waals surface area contributed by atoms with Gasteiger partial charge in [0.1, 0.15) is 5.69 Å². The standard InChI is InChI=1S/C17H22N4O2/c1-12-9-13(2)21(19-12)15-7-8-20(11-15)10-14-5-4-6-16(18-14)17(22)23-3/h4-6,9,15H,7-8,10-11H2,1-3H3. The van der Waals surface area contributed by atoms with Gasteiger partial charge in [0.2, 0.25) is 0 Å². The topological polar surface area (TPSA) is 60.2 Å². The van der Waals surface area contributed by atoms with Crippen LogP contribution in [0.15, 0.2) is 24.3 Å². The van der Waals surface area contributed by atoms with Crippen molar-refractivity contribution in [1.82, 2.24) is 19.7 Å². The van der Waals surface area contributed by atoms with Crippen LogP contribution in [-0.2, 0) is 11.3 Å². The van der Waals surface area contributed by atoms with Crippen LogP contribution in [0.4, 0.5) is 0 Å². The van der Waals surface area contributed by atoms with Crippen LogP contribution >= 0.6 is 0 Å². The van der Waals surface area contributed by atoms with Crippen LogP contribution in [0.2, 0.25) is 0 Å². The summed E-state index contributed by atoms with van der Waals surface area (Å²) in [5.74, 6) is -0.395. The summed E-state index contributed by atoms with van der Waals surface area (Å²) in [6.07, 6.45) is 1.08. The quantitative estimate of drug-likeness (QED) is 0.809. The highest BCUT2D eigenvalue weighted by molar-refractivity contribution is 5.87. The van der Waals surface area contributed by atoms with Gasteiger partial charge < -0.3 is 4.74 Å². The number of likely N-dealkylation sites (tertiary alicyclic amines) is 1. The van der Waals surface area contributed by atoms with E-state index in [0.29, 0.717) is 11.7 Å².